The topological polar surface area (TPSA) is 69.6 Å². The van der Waals surface area contributed by atoms with Crippen LogP contribution in [0.4, 0.5) is 0 Å². The van der Waals surface area contributed by atoms with Gasteiger partial charge in [-0.1, -0.05) is 0 Å². The van der Waals surface area contributed by atoms with Crippen LogP contribution in [0.15, 0.2) is 0 Å². The number of hydrogen-bond donors (Lipinski definition) is 2. The molecule has 1 unspecified atom stereocenters. The zero-order chi connectivity index (χ0) is 11.4. The lowest BCUT2D eigenvalue weighted by Crippen LogP contribution is -2.36. The van der Waals surface area contributed by atoms with E-state index in [-0.39, 0.29) is 24.3 Å². The number of hydrogen-bond acceptors (Lipinski definition) is 3. The first kappa shape index (κ1) is 12.0. The van der Waals surface area contributed by atoms with Gasteiger partial charge < -0.3 is 15.3 Å². The zero-order valence-electron chi connectivity index (χ0n) is 9.19. The van der Waals surface area contributed by atoms with E-state index in [9.17, 15) is 9.59 Å². The molecule has 0 radical (unpaired) electrons. The summed E-state index contributed by atoms with van der Waals surface area (Å²) in [5.74, 6) is -0.355. The lowest BCUT2D eigenvalue weighted by Gasteiger charge is -2.14. The lowest BCUT2D eigenvalue weighted by molar-refractivity contribution is -0.129. The molecule has 0 saturated carbocycles. The van der Waals surface area contributed by atoms with Crippen LogP contribution >= 0.6 is 0 Å². The smallest absolute Gasteiger partial charge is 0.225 e. The van der Waals surface area contributed by atoms with Crippen LogP contribution in [0, 0.1) is 5.92 Å². The van der Waals surface area contributed by atoms with Crippen LogP contribution in [-0.4, -0.2) is 47.6 Å². The Kier molecular flexibility index (Phi) is 4.08. The Morgan fingerprint density at radius 1 is 1.73 bits per heavy atom. The number of amides is 2. The highest BCUT2D eigenvalue weighted by molar-refractivity contribution is 5.89. The molecule has 0 aromatic rings. The van der Waals surface area contributed by atoms with Gasteiger partial charge in [-0.05, 0) is 13.8 Å². The Balaban J connectivity index is 2.39. The van der Waals surface area contributed by atoms with Gasteiger partial charge in [-0.2, -0.15) is 0 Å². The van der Waals surface area contributed by atoms with Gasteiger partial charge in [0, 0.05) is 26.1 Å². The summed E-state index contributed by atoms with van der Waals surface area (Å²) >= 11 is 0. The molecule has 0 spiro atoms. The van der Waals surface area contributed by atoms with Crippen LogP contribution in [0.1, 0.15) is 20.3 Å². The first-order chi connectivity index (χ1) is 7.04. The van der Waals surface area contributed by atoms with E-state index in [0.29, 0.717) is 19.5 Å². The van der Waals surface area contributed by atoms with Crippen molar-refractivity contribution >= 4 is 11.8 Å². The van der Waals surface area contributed by atoms with Crippen LogP contribution in [0.2, 0.25) is 0 Å². The van der Waals surface area contributed by atoms with E-state index in [0.717, 1.165) is 0 Å². The van der Waals surface area contributed by atoms with Gasteiger partial charge >= 0.3 is 0 Å². The first-order valence-corrected chi connectivity index (χ1v) is 5.28. The second-order valence-corrected chi connectivity index (χ2v) is 3.93. The van der Waals surface area contributed by atoms with E-state index in [1.54, 1.807) is 11.8 Å². The number of nitrogens with zero attached hydrogens (tertiary/aromatic N) is 1. The highest BCUT2D eigenvalue weighted by Gasteiger charge is 2.33. The molecule has 5 nitrogen and oxygen atoms in total. The van der Waals surface area contributed by atoms with Gasteiger partial charge in [0.15, 0.2) is 0 Å². The van der Waals surface area contributed by atoms with Gasteiger partial charge in [-0.3, -0.25) is 9.59 Å². The minimum Gasteiger partial charge on any atom is -0.392 e. The van der Waals surface area contributed by atoms with E-state index in [2.05, 4.69) is 5.32 Å². The fraction of sp³-hybridized carbons (Fsp3) is 0.800. The molecule has 2 atom stereocenters. The number of carbonyl (C=O) groups is 2. The maximum Gasteiger partial charge on any atom is 0.225 e. The molecule has 2 amide bonds. The fourth-order valence-corrected chi connectivity index (χ4v) is 1.65. The molecule has 2 N–H and O–H groups in total. The standard InChI is InChI=1S/C10H18N2O3/c1-3-12-6-8(4-9(12)14)10(15)11-5-7(2)13/h7-8,13H,3-6H2,1-2H3,(H,11,15)/t7-,8?/m0/s1. The average molecular weight is 214 g/mol. The maximum atomic E-state index is 11.6. The van der Waals surface area contributed by atoms with Gasteiger partial charge in [0.25, 0.3) is 0 Å². The summed E-state index contributed by atoms with van der Waals surface area (Å²) in [5, 5.41) is 11.6. The van der Waals surface area contributed by atoms with Crippen molar-refractivity contribution in [1.29, 1.82) is 0 Å². The molecule has 1 saturated heterocycles. The third kappa shape index (κ3) is 3.20. The number of rotatable bonds is 4. The van der Waals surface area contributed by atoms with Gasteiger partial charge in [0.2, 0.25) is 11.8 Å². The molecule has 0 bridgehead atoms. The third-order valence-corrected chi connectivity index (χ3v) is 2.54. The van der Waals surface area contributed by atoms with Gasteiger partial charge in [-0.25, -0.2) is 0 Å². The largest absolute Gasteiger partial charge is 0.392 e. The Bertz CT molecular complexity index is 253. The van der Waals surface area contributed by atoms with Crippen molar-refractivity contribution in [2.24, 2.45) is 5.92 Å². The normalized spacial score (nSPS) is 23.0. The van der Waals surface area contributed by atoms with Crippen molar-refractivity contribution in [3.8, 4) is 0 Å². The van der Waals surface area contributed by atoms with Crippen molar-refractivity contribution in [3.05, 3.63) is 0 Å². The Labute approximate surface area is 89.4 Å². The number of aliphatic hydroxyl groups is 1. The Morgan fingerprint density at radius 2 is 2.40 bits per heavy atom. The second kappa shape index (κ2) is 5.11. The van der Waals surface area contributed by atoms with Gasteiger partial charge in [-0.15, -0.1) is 0 Å². The molecule has 0 aromatic carbocycles. The van der Waals surface area contributed by atoms with E-state index in [1.807, 2.05) is 6.92 Å². The van der Waals surface area contributed by atoms with Crippen molar-refractivity contribution in [3.63, 3.8) is 0 Å². The molecule has 1 heterocycles. The Morgan fingerprint density at radius 3 is 2.87 bits per heavy atom. The predicted octanol–water partition coefficient (Wildman–Crippen LogP) is -0.648. The van der Waals surface area contributed by atoms with Gasteiger partial charge in [0.05, 0.1) is 12.0 Å². The van der Waals surface area contributed by atoms with Crippen LogP contribution in [0.3, 0.4) is 0 Å². The number of carbonyl (C=O) groups excluding carboxylic acids is 2. The maximum absolute atomic E-state index is 11.6. The molecular formula is C10H18N2O3. The van der Waals surface area contributed by atoms with Gasteiger partial charge in [0.1, 0.15) is 0 Å². The Hall–Kier alpha value is -1.10. The van der Waals surface area contributed by atoms with Crippen LogP contribution < -0.4 is 5.32 Å². The van der Waals surface area contributed by atoms with Crippen LogP contribution in [-0.2, 0) is 9.59 Å². The SMILES string of the molecule is CCN1CC(C(=O)NC[C@H](C)O)CC1=O. The van der Waals surface area contributed by atoms with Crippen molar-refractivity contribution in [2.75, 3.05) is 19.6 Å². The van der Waals surface area contributed by atoms with Crippen molar-refractivity contribution < 1.29 is 14.7 Å². The number of likely N-dealkylation sites (tertiary alicyclic amines) is 1. The third-order valence-electron chi connectivity index (χ3n) is 2.54. The summed E-state index contributed by atoms with van der Waals surface area (Å²) < 4.78 is 0. The molecule has 1 aliphatic rings. The average Bonchev–Trinajstić information content (AvgIpc) is 2.56. The summed E-state index contributed by atoms with van der Waals surface area (Å²) in [6.45, 7) is 4.90. The fourth-order valence-electron chi connectivity index (χ4n) is 1.65. The summed E-state index contributed by atoms with van der Waals surface area (Å²) in [4.78, 5) is 24.6. The molecule has 0 aliphatic carbocycles. The molecule has 1 fully saturated rings. The van der Waals surface area contributed by atoms with E-state index in [1.165, 1.54) is 0 Å². The van der Waals surface area contributed by atoms with E-state index in [4.69, 9.17) is 5.11 Å². The number of aliphatic hydroxyl groups excluding tert-OH is 1. The highest BCUT2D eigenvalue weighted by Crippen LogP contribution is 2.17. The monoisotopic (exact) mass is 214 g/mol. The molecule has 0 aromatic heterocycles. The molecule has 1 aliphatic heterocycles. The van der Waals surface area contributed by atoms with E-state index < -0.39 is 6.10 Å². The second-order valence-electron chi connectivity index (χ2n) is 3.93. The summed E-state index contributed by atoms with van der Waals surface area (Å²) in [5.41, 5.74) is 0. The summed E-state index contributed by atoms with van der Waals surface area (Å²) in [6, 6.07) is 0. The quantitative estimate of drug-likeness (QED) is 0.653. The molecule has 86 valence electrons. The molecule has 1 rings (SSSR count). The summed E-state index contributed by atoms with van der Waals surface area (Å²) in [7, 11) is 0. The first-order valence-electron chi connectivity index (χ1n) is 5.28. The molecule has 5 heteroatoms. The minimum atomic E-state index is -0.548. The zero-order valence-corrected chi connectivity index (χ0v) is 9.19. The van der Waals surface area contributed by atoms with Crippen LogP contribution in [0.5, 0.6) is 0 Å². The molecular weight excluding hydrogens is 196 g/mol. The molecule has 15 heavy (non-hydrogen) atoms. The van der Waals surface area contributed by atoms with Crippen molar-refractivity contribution in [2.45, 2.75) is 26.4 Å². The van der Waals surface area contributed by atoms with Crippen molar-refractivity contribution in [1.82, 2.24) is 10.2 Å². The lowest BCUT2D eigenvalue weighted by atomic mass is 10.1. The predicted molar refractivity (Wildman–Crippen MR) is 55.1 cm³/mol. The minimum absolute atomic E-state index is 0.0368. The summed E-state index contributed by atoms with van der Waals surface area (Å²) in [6.07, 6.45) is -0.257. The highest BCUT2D eigenvalue weighted by atomic mass is 16.3. The van der Waals surface area contributed by atoms with E-state index >= 15 is 0 Å². The van der Waals surface area contributed by atoms with Crippen LogP contribution in [0.25, 0.3) is 0 Å². The number of nitrogens with one attached hydrogen (secondary N) is 1.